The van der Waals surface area contributed by atoms with Crippen LogP contribution in [0.1, 0.15) is 201 Å². The number of esters is 3. The van der Waals surface area contributed by atoms with Crippen molar-refractivity contribution in [3.8, 4) is 0 Å². The number of carboxylic acid groups (broad SMARTS) is 1. The first kappa shape index (κ1) is 64.7. The predicted octanol–water partition coefficient (Wildman–Crippen LogP) is 13.3. The highest BCUT2D eigenvalue weighted by Gasteiger charge is 2.50. The summed E-state index contributed by atoms with van der Waals surface area (Å²) in [6, 6.07) is 0. The highest BCUT2D eigenvalue weighted by molar-refractivity contribution is 5.74. The van der Waals surface area contributed by atoms with Crippen molar-refractivity contribution in [2.24, 2.45) is 0 Å². The molecule has 1 rings (SSSR count). The molecular weight excluding hydrogens is 901 g/mol. The van der Waals surface area contributed by atoms with Gasteiger partial charge in [0.15, 0.2) is 24.6 Å². The van der Waals surface area contributed by atoms with Crippen molar-refractivity contribution >= 4 is 23.9 Å². The second-order valence-electron chi connectivity index (χ2n) is 18.1. The molecule has 0 aromatic rings. The molecule has 0 aromatic carbocycles. The quantitative estimate of drug-likeness (QED) is 0.0228. The van der Waals surface area contributed by atoms with Crippen molar-refractivity contribution in [1.29, 1.82) is 0 Å². The largest absolute Gasteiger partial charge is 0.479 e. The van der Waals surface area contributed by atoms with E-state index in [2.05, 4.69) is 118 Å². The summed E-state index contributed by atoms with van der Waals surface area (Å²) in [7, 11) is 0. The van der Waals surface area contributed by atoms with Crippen LogP contribution in [0.4, 0.5) is 0 Å². The van der Waals surface area contributed by atoms with Crippen LogP contribution in [0.15, 0.2) is 97.2 Å². The lowest BCUT2D eigenvalue weighted by atomic mass is 9.98. The van der Waals surface area contributed by atoms with E-state index in [0.717, 1.165) is 128 Å². The van der Waals surface area contributed by atoms with Gasteiger partial charge in [0.05, 0.1) is 6.61 Å². The van der Waals surface area contributed by atoms with Gasteiger partial charge in [-0.15, -0.1) is 0 Å². The fraction of sp³-hybridized carbons (Fsp3) is 0.661. The van der Waals surface area contributed by atoms with E-state index in [0.29, 0.717) is 19.3 Å². The smallest absolute Gasteiger partial charge is 0.335 e. The molecule has 0 aliphatic carbocycles. The van der Waals surface area contributed by atoms with Crippen LogP contribution in [0.25, 0.3) is 0 Å². The molecule has 12 heteroatoms. The average molecular weight is 995 g/mol. The molecule has 6 unspecified atom stereocenters. The molecule has 402 valence electrons. The summed E-state index contributed by atoms with van der Waals surface area (Å²) < 4.78 is 28.3. The van der Waals surface area contributed by atoms with Crippen LogP contribution < -0.4 is 0 Å². The number of hydrogen-bond acceptors (Lipinski definition) is 11. The van der Waals surface area contributed by atoms with E-state index in [-0.39, 0.29) is 25.9 Å². The van der Waals surface area contributed by atoms with Crippen molar-refractivity contribution in [2.75, 3.05) is 13.2 Å². The summed E-state index contributed by atoms with van der Waals surface area (Å²) in [6.07, 6.45) is 48.2. The minimum Gasteiger partial charge on any atom is -0.479 e. The highest BCUT2D eigenvalue weighted by atomic mass is 16.7. The molecule has 0 radical (unpaired) electrons. The van der Waals surface area contributed by atoms with Gasteiger partial charge in [-0.1, -0.05) is 169 Å². The van der Waals surface area contributed by atoms with Crippen molar-refractivity contribution in [3.05, 3.63) is 97.2 Å². The van der Waals surface area contributed by atoms with Gasteiger partial charge in [0.25, 0.3) is 0 Å². The minimum atomic E-state index is -1.92. The lowest BCUT2D eigenvalue weighted by Crippen LogP contribution is -2.61. The van der Waals surface area contributed by atoms with Gasteiger partial charge in [-0.2, -0.15) is 0 Å². The van der Waals surface area contributed by atoms with E-state index in [1.807, 2.05) is 0 Å². The Bertz CT molecular complexity index is 1610. The Balaban J connectivity index is 2.77. The van der Waals surface area contributed by atoms with Crippen LogP contribution in [0.5, 0.6) is 0 Å². The zero-order chi connectivity index (χ0) is 51.8. The fourth-order valence-corrected chi connectivity index (χ4v) is 7.47. The topological polar surface area (TPSA) is 175 Å². The Kier molecular flexibility index (Phi) is 42.5. The summed E-state index contributed by atoms with van der Waals surface area (Å²) in [5.74, 6) is -3.23. The number of unbranched alkanes of at least 4 members (excludes halogenated alkanes) is 14. The Hall–Kier alpha value is -4.36. The van der Waals surface area contributed by atoms with Crippen LogP contribution in [-0.4, -0.2) is 89.2 Å². The number of hydrogen-bond donors (Lipinski definition) is 3. The zero-order valence-corrected chi connectivity index (χ0v) is 43.9. The first-order chi connectivity index (χ1) is 34.6. The average Bonchev–Trinajstić information content (AvgIpc) is 3.35. The molecule has 1 fully saturated rings. The molecule has 1 aliphatic rings. The highest BCUT2D eigenvalue weighted by Crippen LogP contribution is 2.26. The number of carboxylic acids is 1. The second-order valence-corrected chi connectivity index (χ2v) is 18.1. The maximum Gasteiger partial charge on any atom is 0.335 e. The zero-order valence-electron chi connectivity index (χ0n) is 43.9. The van der Waals surface area contributed by atoms with E-state index in [9.17, 15) is 34.5 Å². The molecule has 6 atom stereocenters. The Morgan fingerprint density at radius 2 is 0.887 bits per heavy atom. The lowest BCUT2D eigenvalue weighted by Gasteiger charge is -2.40. The van der Waals surface area contributed by atoms with E-state index >= 15 is 0 Å². The minimum absolute atomic E-state index is 0.0391. The number of aliphatic hydroxyl groups is 2. The lowest BCUT2D eigenvalue weighted by molar-refractivity contribution is -0.301. The number of carbonyl (C=O) groups excluding carboxylic acids is 3. The van der Waals surface area contributed by atoms with E-state index in [1.54, 1.807) is 0 Å². The molecule has 0 amide bonds. The summed E-state index contributed by atoms with van der Waals surface area (Å²) >= 11 is 0. The third-order valence-corrected chi connectivity index (χ3v) is 11.6. The van der Waals surface area contributed by atoms with Gasteiger partial charge < -0.3 is 39.0 Å². The van der Waals surface area contributed by atoms with Crippen LogP contribution in [0.2, 0.25) is 0 Å². The van der Waals surface area contributed by atoms with Gasteiger partial charge in [-0.3, -0.25) is 14.4 Å². The molecule has 1 saturated heterocycles. The Labute approximate surface area is 428 Å². The van der Waals surface area contributed by atoms with Gasteiger partial charge in [0, 0.05) is 19.3 Å². The first-order valence-corrected chi connectivity index (χ1v) is 27.2. The Morgan fingerprint density at radius 1 is 0.479 bits per heavy atom. The molecule has 1 aliphatic heterocycles. The first-order valence-electron chi connectivity index (χ1n) is 27.2. The predicted molar refractivity (Wildman–Crippen MR) is 284 cm³/mol. The van der Waals surface area contributed by atoms with E-state index in [1.165, 1.54) is 12.8 Å². The normalized spacial score (nSPS) is 19.3. The summed E-state index contributed by atoms with van der Waals surface area (Å²) in [5, 5.41) is 31.4. The molecule has 71 heavy (non-hydrogen) atoms. The molecule has 0 bridgehead atoms. The number of carbonyl (C=O) groups is 4. The number of aliphatic hydroxyl groups excluding tert-OH is 2. The standard InChI is InChI=1S/C59H94O12/c1-4-7-10-13-16-19-22-24-26-28-31-33-36-39-42-45-51(60)67-48-50(69-52(61)46-43-40-37-35-32-29-27-25-23-20-17-14-11-8-5-2)49-68-59-57(55(64)54(63)56(71-59)58(65)66)70-53(62)47-44-41-38-34-30-21-18-15-12-9-6-3/h7-8,10-11,15-20,24-27,31,33,50,54-57,59,63-64H,4-6,9,12-14,21-23,28-30,32,34-49H2,1-3H3,(H,65,66)/b10-7-,11-8-,18-15-,19-16-,20-17-,26-24-,27-25-,33-31-. The SMILES string of the molecule is CC/C=C\C/C=C\C/C=C\C/C=C\CCCCC(=O)OCC(COC1OC(C(=O)O)C(O)C(O)C1OC(=O)CCCCCCC/C=C\CCCC)OC(=O)CCCCCCC/C=C\C/C=C\C/C=C\CC. The van der Waals surface area contributed by atoms with Gasteiger partial charge in [-0.05, 0) is 109 Å². The van der Waals surface area contributed by atoms with Crippen molar-refractivity contribution < 1.29 is 58.2 Å². The van der Waals surface area contributed by atoms with Gasteiger partial charge in [0.2, 0.25) is 0 Å². The maximum absolute atomic E-state index is 13.1. The van der Waals surface area contributed by atoms with Crippen LogP contribution in [0.3, 0.4) is 0 Å². The number of allylic oxidation sites excluding steroid dienone is 16. The van der Waals surface area contributed by atoms with Gasteiger partial charge in [-0.25, -0.2) is 4.79 Å². The molecule has 3 N–H and O–H groups in total. The molecule has 12 nitrogen and oxygen atoms in total. The molecule has 1 heterocycles. The summed E-state index contributed by atoms with van der Waals surface area (Å²) in [4.78, 5) is 50.9. The van der Waals surface area contributed by atoms with Gasteiger partial charge >= 0.3 is 23.9 Å². The van der Waals surface area contributed by atoms with Gasteiger partial charge in [0.1, 0.15) is 18.8 Å². The number of aliphatic carboxylic acids is 1. The maximum atomic E-state index is 13.1. The van der Waals surface area contributed by atoms with Crippen LogP contribution >= 0.6 is 0 Å². The van der Waals surface area contributed by atoms with Crippen molar-refractivity contribution in [3.63, 3.8) is 0 Å². The Morgan fingerprint density at radius 3 is 1.39 bits per heavy atom. The van der Waals surface area contributed by atoms with Crippen LogP contribution in [0, 0.1) is 0 Å². The second kappa shape index (κ2) is 46.7. The number of ether oxygens (including phenoxy) is 5. The third kappa shape index (κ3) is 37.1. The van der Waals surface area contributed by atoms with Crippen LogP contribution in [-0.2, 0) is 42.9 Å². The number of rotatable bonds is 44. The van der Waals surface area contributed by atoms with Crippen molar-refractivity contribution in [2.45, 2.75) is 237 Å². The fourth-order valence-electron chi connectivity index (χ4n) is 7.47. The third-order valence-electron chi connectivity index (χ3n) is 11.6. The van der Waals surface area contributed by atoms with E-state index in [4.69, 9.17) is 23.7 Å². The molecule has 0 saturated carbocycles. The molecular formula is C59H94O12. The van der Waals surface area contributed by atoms with E-state index < -0.39 is 67.3 Å². The molecule has 0 aromatic heterocycles. The summed E-state index contributed by atoms with van der Waals surface area (Å²) in [6.45, 7) is 5.64. The molecule has 0 spiro atoms. The van der Waals surface area contributed by atoms with Crippen molar-refractivity contribution in [1.82, 2.24) is 0 Å². The summed E-state index contributed by atoms with van der Waals surface area (Å²) in [5.41, 5.74) is 0. The monoisotopic (exact) mass is 995 g/mol.